The van der Waals surface area contributed by atoms with Gasteiger partial charge < -0.3 is 9.84 Å². The number of halogens is 1. The van der Waals surface area contributed by atoms with E-state index in [2.05, 4.69) is 15.9 Å². The summed E-state index contributed by atoms with van der Waals surface area (Å²) < 4.78 is 6.72. The smallest absolute Gasteiger partial charge is 0.314 e. The van der Waals surface area contributed by atoms with E-state index in [1.165, 1.54) is 19.3 Å². The summed E-state index contributed by atoms with van der Waals surface area (Å²) in [5, 5.41) is 9.65. The van der Waals surface area contributed by atoms with Crippen molar-refractivity contribution in [2.45, 2.75) is 50.4 Å². The van der Waals surface area contributed by atoms with Gasteiger partial charge in [-0.15, -0.1) is 0 Å². The number of ether oxygens (including phenoxy) is 1. The Morgan fingerprint density at radius 1 is 1.29 bits per heavy atom. The quantitative estimate of drug-likeness (QED) is 0.846. The standard InChI is InChI=1S/C17H21BrO3/c18-14-10-13(17(16(19)20)8-1-2-9-17)6-7-15(14)21-11-12-4-3-5-12/h6-7,10,12H,1-5,8-9,11H2,(H,19,20). The Balaban J connectivity index is 1.77. The molecule has 0 atom stereocenters. The third-order valence-electron chi connectivity index (χ3n) is 5.05. The molecule has 1 N–H and O–H groups in total. The van der Waals surface area contributed by atoms with Crippen molar-refractivity contribution in [2.75, 3.05) is 6.61 Å². The molecule has 0 unspecified atom stereocenters. The van der Waals surface area contributed by atoms with Gasteiger partial charge in [0.05, 0.1) is 16.5 Å². The third kappa shape index (κ3) is 2.83. The highest BCUT2D eigenvalue weighted by Crippen LogP contribution is 2.43. The maximum atomic E-state index is 11.7. The van der Waals surface area contributed by atoms with Crippen LogP contribution in [0.3, 0.4) is 0 Å². The fourth-order valence-corrected chi connectivity index (χ4v) is 3.88. The minimum Gasteiger partial charge on any atom is -0.492 e. The molecule has 0 amide bonds. The van der Waals surface area contributed by atoms with E-state index < -0.39 is 11.4 Å². The van der Waals surface area contributed by atoms with E-state index >= 15 is 0 Å². The molecule has 2 fully saturated rings. The van der Waals surface area contributed by atoms with Crippen LogP contribution in [-0.4, -0.2) is 17.7 Å². The number of benzene rings is 1. The van der Waals surface area contributed by atoms with Crippen LogP contribution in [0, 0.1) is 5.92 Å². The van der Waals surface area contributed by atoms with Crippen LogP contribution in [0.1, 0.15) is 50.5 Å². The first-order chi connectivity index (χ1) is 10.1. The van der Waals surface area contributed by atoms with Crippen LogP contribution in [-0.2, 0) is 10.2 Å². The molecule has 0 bridgehead atoms. The second kappa shape index (κ2) is 5.99. The Morgan fingerprint density at radius 3 is 2.52 bits per heavy atom. The molecule has 0 heterocycles. The average molecular weight is 353 g/mol. The third-order valence-corrected chi connectivity index (χ3v) is 5.67. The highest BCUT2D eigenvalue weighted by atomic mass is 79.9. The van der Waals surface area contributed by atoms with Crippen molar-refractivity contribution in [1.29, 1.82) is 0 Å². The van der Waals surface area contributed by atoms with E-state index in [1.54, 1.807) is 0 Å². The molecule has 0 aliphatic heterocycles. The lowest BCUT2D eigenvalue weighted by Gasteiger charge is -2.27. The summed E-state index contributed by atoms with van der Waals surface area (Å²) in [5.41, 5.74) is 0.199. The summed E-state index contributed by atoms with van der Waals surface area (Å²) in [6.07, 6.45) is 7.28. The molecule has 2 aliphatic rings. The van der Waals surface area contributed by atoms with E-state index in [9.17, 15) is 9.90 Å². The van der Waals surface area contributed by atoms with Gasteiger partial charge in [-0.1, -0.05) is 25.3 Å². The molecule has 1 aromatic rings. The van der Waals surface area contributed by atoms with E-state index in [4.69, 9.17) is 4.74 Å². The van der Waals surface area contributed by atoms with E-state index in [0.717, 1.165) is 48.1 Å². The first kappa shape index (κ1) is 14.9. The molecular formula is C17H21BrO3. The summed E-state index contributed by atoms with van der Waals surface area (Å²) in [4.78, 5) is 11.7. The van der Waals surface area contributed by atoms with E-state index in [1.807, 2.05) is 18.2 Å². The van der Waals surface area contributed by atoms with Gasteiger partial charge in [0.25, 0.3) is 0 Å². The number of carbonyl (C=O) groups is 1. The van der Waals surface area contributed by atoms with Gasteiger partial charge >= 0.3 is 5.97 Å². The Hall–Kier alpha value is -1.03. The topological polar surface area (TPSA) is 46.5 Å². The van der Waals surface area contributed by atoms with Crippen LogP contribution >= 0.6 is 15.9 Å². The zero-order valence-corrected chi connectivity index (χ0v) is 13.7. The second-order valence-corrected chi connectivity index (χ2v) is 7.20. The minimum absolute atomic E-state index is 0.691. The summed E-state index contributed by atoms with van der Waals surface area (Å²) >= 11 is 3.54. The van der Waals surface area contributed by atoms with E-state index in [-0.39, 0.29) is 0 Å². The zero-order valence-electron chi connectivity index (χ0n) is 12.1. The van der Waals surface area contributed by atoms with Gasteiger partial charge in [0.15, 0.2) is 0 Å². The van der Waals surface area contributed by atoms with Crippen molar-refractivity contribution < 1.29 is 14.6 Å². The van der Waals surface area contributed by atoms with Gasteiger partial charge in [0.2, 0.25) is 0 Å². The first-order valence-corrected chi connectivity index (χ1v) is 8.57. The highest BCUT2D eigenvalue weighted by molar-refractivity contribution is 9.10. The van der Waals surface area contributed by atoms with Crippen molar-refractivity contribution in [3.63, 3.8) is 0 Å². The Morgan fingerprint density at radius 2 is 2.00 bits per heavy atom. The van der Waals surface area contributed by atoms with Crippen LogP contribution in [0.15, 0.2) is 22.7 Å². The molecular weight excluding hydrogens is 332 g/mol. The van der Waals surface area contributed by atoms with Crippen molar-refractivity contribution in [2.24, 2.45) is 5.92 Å². The number of carboxylic acid groups (broad SMARTS) is 1. The second-order valence-electron chi connectivity index (χ2n) is 6.35. The van der Waals surface area contributed by atoms with Crippen LogP contribution in [0.5, 0.6) is 5.75 Å². The van der Waals surface area contributed by atoms with Gasteiger partial charge in [-0.25, -0.2) is 0 Å². The molecule has 1 aromatic carbocycles. The molecule has 3 nitrogen and oxygen atoms in total. The predicted molar refractivity (Wildman–Crippen MR) is 84.8 cm³/mol. The Kier molecular flexibility index (Phi) is 4.25. The number of rotatable bonds is 5. The lowest BCUT2D eigenvalue weighted by Crippen LogP contribution is -2.32. The van der Waals surface area contributed by atoms with Crippen molar-refractivity contribution in [3.05, 3.63) is 28.2 Å². The molecule has 0 aromatic heterocycles. The molecule has 114 valence electrons. The summed E-state index contributed by atoms with van der Waals surface area (Å²) in [5.74, 6) is 0.816. The summed E-state index contributed by atoms with van der Waals surface area (Å²) in [6, 6.07) is 5.79. The van der Waals surface area contributed by atoms with Crippen LogP contribution in [0.2, 0.25) is 0 Å². The lowest BCUT2D eigenvalue weighted by molar-refractivity contribution is -0.143. The van der Waals surface area contributed by atoms with Gasteiger partial charge in [-0.05, 0) is 65.2 Å². The van der Waals surface area contributed by atoms with Crippen molar-refractivity contribution in [1.82, 2.24) is 0 Å². The molecule has 21 heavy (non-hydrogen) atoms. The van der Waals surface area contributed by atoms with Gasteiger partial charge in [-0.2, -0.15) is 0 Å². The predicted octanol–water partition coefficient (Wildman–Crippen LogP) is 4.52. The van der Waals surface area contributed by atoms with Crippen LogP contribution in [0.25, 0.3) is 0 Å². The lowest BCUT2D eigenvalue weighted by atomic mass is 9.79. The molecule has 0 spiro atoms. The molecule has 4 heteroatoms. The number of hydrogen-bond donors (Lipinski definition) is 1. The molecule has 0 radical (unpaired) electrons. The fraction of sp³-hybridized carbons (Fsp3) is 0.588. The number of aliphatic carboxylic acids is 1. The molecule has 3 rings (SSSR count). The molecule has 2 saturated carbocycles. The van der Waals surface area contributed by atoms with Gasteiger partial charge in [0, 0.05) is 0 Å². The molecule has 0 saturated heterocycles. The summed E-state index contributed by atoms with van der Waals surface area (Å²) in [6.45, 7) is 0.766. The normalized spacial score (nSPS) is 21.0. The largest absolute Gasteiger partial charge is 0.492 e. The van der Waals surface area contributed by atoms with Crippen LogP contribution < -0.4 is 4.74 Å². The van der Waals surface area contributed by atoms with Crippen LogP contribution in [0.4, 0.5) is 0 Å². The molecule has 2 aliphatic carbocycles. The average Bonchev–Trinajstić information content (AvgIpc) is 2.89. The first-order valence-electron chi connectivity index (χ1n) is 7.78. The fourth-order valence-electron chi connectivity index (χ4n) is 3.39. The zero-order chi connectivity index (χ0) is 14.9. The summed E-state index contributed by atoms with van der Waals surface area (Å²) in [7, 11) is 0. The van der Waals surface area contributed by atoms with E-state index in [0.29, 0.717) is 5.92 Å². The monoisotopic (exact) mass is 352 g/mol. The number of hydrogen-bond acceptors (Lipinski definition) is 2. The SMILES string of the molecule is O=C(O)C1(c2ccc(OCC3CCC3)c(Br)c2)CCCC1. The van der Waals surface area contributed by atoms with Crippen molar-refractivity contribution in [3.8, 4) is 5.75 Å². The Bertz CT molecular complexity index is 531. The van der Waals surface area contributed by atoms with Crippen molar-refractivity contribution >= 4 is 21.9 Å². The highest BCUT2D eigenvalue weighted by Gasteiger charge is 2.43. The van der Waals surface area contributed by atoms with Gasteiger partial charge in [-0.3, -0.25) is 4.79 Å². The maximum Gasteiger partial charge on any atom is 0.314 e. The number of carboxylic acids is 1. The maximum absolute atomic E-state index is 11.7. The van der Waals surface area contributed by atoms with Gasteiger partial charge in [0.1, 0.15) is 5.75 Å². The minimum atomic E-state index is -0.699. The Labute approximate surface area is 133 Å².